The van der Waals surface area contributed by atoms with Crippen molar-refractivity contribution in [3.05, 3.63) is 42.2 Å². The summed E-state index contributed by atoms with van der Waals surface area (Å²) in [5.41, 5.74) is -0.236. The fourth-order valence-corrected chi connectivity index (χ4v) is 4.67. The van der Waals surface area contributed by atoms with E-state index in [-0.39, 0.29) is 18.6 Å². The summed E-state index contributed by atoms with van der Waals surface area (Å²) in [6, 6.07) is 6.90. The highest BCUT2D eigenvalue weighted by Gasteiger charge is 2.67. The average molecular weight is 395 g/mol. The number of aromatic nitrogens is 1. The van der Waals surface area contributed by atoms with Crippen molar-refractivity contribution >= 4 is 23.3 Å². The minimum Gasteiger partial charge on any atom is -0.454 e. The monoisotopic (exact) mass is 395 g/mol. The third-order valence-corrected chi connectivity index (χ3v) is 5.94. The third-order valence-electron chi connectivity index (χ3n) is 5.94. The predicted molar refractivity (Wildman–Crippen MR) is 98.5 cm³/mol. The standard InChI is InChI=1S/C20H17N3O6/c1-10-6-15(22-29-10)23-8-20-5-4-13(28-20)16(17(20)19(23)25)18(24)21-11-2-3-12-14(7-11)27-9-26-12/h2-7,13,16-17H,8-9H2,1H3,(H,21,24)/t13-,16?,17?,20-/m1/s1. The molecule has 2 unspecified atom stereocenters. The number of carbonyl (C=O) groups excluding carboxylic acids is 2. The number of fused-ring (bicyclic) bond motifs is 2. The summed E-state index contributed by atoms with van der Waals surface area (Å²) in [4.78, 5) is 27.9. The lowest BCUT2D eigenvalue weighted by molar-refractivity contribution is -0.128. The minimum absolute atomic E-state index is 0.159. The van der Waals surface area contributed by atoms with Gasteiger partial charge < -0.3 is 24.1 Å². The summed E-state index contributed by atoms with van der Waals surface area (Å²) in [5, 5.41) is 6.84. The van der Waals surface area contributed by atoms with Gasteiger partial charge in [0.15, 0.2) is 17.3 Å². The van der Waals surface area contributed by atoms with Crippen LogP contribution in [0.25, 0.3) is 0 Å². The largest absolute Gasteiger partial charge is 0.454 e. The highest BCUT2D eigenvalue weighted by Crippen LogP contribution is 2.52. The van der Waals surface area contributed by atoms with Crippen LogP contribution in [0.3, 0.4) is 0 Å². The van der Waals surface area contributed by atoms with Gasteiger partial charge >= 0.3 is 0 Å². The summed E-state index contributed by atoms with van der Waals surface area (Å²) >= 11 is 0. The maximum absolute atomic E-state index is 13.2. The molecule has 29 heavy (non-hydrogen) atoms. The van der Waals surface area contributed by atoms with E-state index < -0.39 is 23.5 Å². The molecule has 4 atom stereocenters. The molecule has 1 aromatic carbocycles. The van der Waals surface area contributed by atoms with E-state index in [2.05, 4.69) is 10.5 Å². The van der Waals surface area contributed by atoms with Gasteiger partial charge in [-0.2, -0.15) is 0 Å². The van der Waals surface area contributed by atoms with E-state index in [1.165, 1.54) is 4.90 Å². The van der Waals surface area contributed by atoms with Gasteiger partial charge in [-0.15, -0.1) is 0 Å². The molecule has 2 fully saturated rings. The number of benzene rings is 1. The molecule has 1 N–H and O–H groups in total. The molecule has 0 aliphatic carbocycles. The van der Waals surface area contributed by atoms with Gasteiger partial charge in [-0.1, -0.05) is 17.3 Å². The van der Waals surface area contributed by atoms with Gasteiger partial charge in [-0.3, -0.25) is 14.5 Å². The number of anilines is 2. The Hall–Kier alpha value is -3.33. The Morgan fingerprint density at radius 3 is 2.97 bits per heavy atom. The van der Waals surface area contributed by atoms with Crippen LogP contribution >= 0.6 is 0 Å². The number of carbonyl (C=O) groups is 2. The minimum atomic E-state index is -0.814. The highest BCUT2D eigenvalue weighted by molar-refractivity contribution is 6.05. The van der Waals surface area contributed by atoms with Crippen molar-refractivity contribution in [3.63, 3.8) is 0 Å². The van der Waals surface area contributed by atoms with Crippen LogP contribution < -0.4 is 19.7 Å². The highest BCUT2D eigenvalue weighted by atomic mass is 16.7. The second-order valence-electron chi connectivity index (χ2n) is 7.68. The van der Waals surface area contributed by atoms with Crippen LogP contribution in [-0.4, -0.2) is 42.0 Å². The average Bonchev–Trinajstić information content (AvgIpc) is 3.49. The molecule has 2 saturated heterocycles. The SMILES string of the molecule is Cc1cc(N2C[C@@]34C=C[C@@H](O3)C(C(=O)Nc3ccc5c(c3)OCO5)C4C2=O)no1. The van der Waals surface area contributed by atoms with Crippen LogP contribution in [0.5, 0.6) is 11.5 Å². The number of ether oxygens (including phenoxy) is 3. The van der Waals surface area contributed by atoms with E-state index in [1.54, 1.807) is 31.2 Å². The molecule has 4 aliphatic heterocycles. The summed E-state index contributed by atoms with van der Waals surface area (Å²) in [7, 11) is 0. The van der Waals surface area contributed by atoms with Crippen molar-refractivity contribution in [2.24, 2.45) is 11.8 Å². The Morgan fingerprint density at radius 1 is 1.28 bits per heavy atom. The van der Waals surface area contributed by atoms with Crippen molar-refractivity contribution in [2.75, 3.05) is 23.6 Å². The van der Waals surface area contributed by atoms with E-state index in [0.717, 1.165) is 0 Å². The first kappa shape index (κ1) is 16.6. The maximum Gasteiger partial charge on any atom is 0.235 e. The number of nitrogens with one attached hydrogen (secondary N) is 1. The van der Waals surface area contributed by atoms with E-state index in [9.17, 15) is 9.59 Å². The molecule has 2 bridgehead atoms. The fraction of sp³-hybridized carbons (Fsp3) is 0.350. The van der Waals surface area contributed by atoms with Crippen molar-refractivity contribution in [2.45, 2.75) is 18.6 Å². The van der Waals surface area contributed by atoms with E-state index in [0.29, 0.717) is 35.3 Å². The lowest BCUT2D eigenvalue weighted by Gasteiger charge is -2.23. The van der Waals surface area contributed by atoms with Gasteiger partial charge in [0.1, 0.15) is 11.4 Å². The second-order valence-corrected chi connectivity index (χ2v) is 7.68. The quantitative estimate of drug-likeness (QED) is 0.788. The summed E-state index contributed by atoms with van der Waals surface area (Å²) in [6.45, 7) is 2.23. The molecule has 0 saturated carbocycles. The summed E-state index contributed by atoms with van der Waals surface area (Å²) in [5.74, 6) is 0.574. The van der Waals surface area contributed by atoms with Crippen molar-refractivity contribution in [3.8, 4) is 11.5 Å². The first-order valence-corrected chi connectivity index (χ1v) is 9.36. The zero-order valence-electron chi connectivity index (χ0n) is 15.5. The molecule has 1 aromatic heterocycles. The number of aryl methyl sites for hydroxylation is 1. The first-order valence-electron chi connectivity index (χ1n) is 9.36. The molecular formula is C20H17N3O6. The molecule has 9 heteroatoms. The van der Waals surface area contributed by atoms with Gasteiger partial charge in [-0.05, 0) is 19.1 Å². The van der Waals surface area contributed by atoms with Crippen LogP contribution in [0, 0.1) is 18.8 Å². The van der Waals surface area contributed by atoms with Gasteiger partial charge in [0, 0.05) is 17.8 Å². The second kappa shape index (κ2) is 5.60. The molecule has 1 spiro atoms. The zero-order valence-corrected chi connectivity index (χ0v) is 15.5. The van der Waals surface area contributed by atoms with Gasteiger partial charge in [0.05, 0.1) is 24.5 Å². The summed E-state index contributed by atoms with van der Waals surface area (Å²) in [6.07, 6.45) is 3.34. The van der Waals surface area contributed by atoms with Crippen LogP contribution in [0.1, 0.15) is 5.76 Å². The van der Waals surface area contributed by atoms with Crippen molar-refractivity contribution < 1.29 is 28.3 Å². The van der Waals surface area contributed by atoms with E-state index in [4.69, 9.17) is 18.7 Å². The van der Waals surface area contributed by atoms with E-state index >= 15 is 0 Å². The van der Waals surface area contributed by atoms with Gasteiger partial charge in [0.2, 0.25) is 18.6 Å². The lowest BCUT2D eigenvalue weighted by atomic mass is 9.77. The molecule has 9 nitrogen and oxygen atoms in total. The van der Waals surface area contributed by atoms with Crippen LogP contribution in [-0.2, 0) is 14.3 Å². The smallest absolute Gasteiger partial charge is 0.235 e. The van der Waals surface area contributed by atoms with Crippen LogP contribution in [0.4, 0.5) is 11.5 Å². The normalized spacial score (nSPS) is 30.9. The summed E-state index contributed by atoms with van der Waals surface area (Å²) < 4.78 is 21.9. The van der Waals surface area contributed by atoms with Crippen molar-refractivity contribution in [1.82, 2.24) is 5.16 Å². The Morgan fingerprint density at radius 2 is 2.14 bits per heavy atom. The van der Waals surface area contributed by atoms with E-state index in [1.807, 2.05) is 12.2 Å². The maximum atomic E-state index is 13.2. The molecule has 2 aromatic rings. The molecule has 5 heterocycles. The molecule has 148 valence electrons. The van der Waals surface area contributed by atoms with Crippen LogP contribution in [0.2, 0.25) is 0 Å². The van der Waals surface area contributed by atoms with Gasteiger partial charge in [-0.25, -0.2) is 0 Å². The lowest BCUT2D eigenvalue weighted by Crippen LogP contribution is -2.41. The number of hydrogen-bond acceptors (Lipinski definition) is 7. The number of hydrogen-bond donors (Lipinski definition) is 1. The van der Waals surface area contributed by atoms with Crippen LogP contribution in [0.15, 0.2) is 40.9 Å². The topological polar surface area (TPSA) is 103 Å². The Balaban J connectivity index is 1.28. The molecule has 0 radical (unpaired) electrons. The zero-order chi connectivity index (χ0) is 19.8. The molecule has 6 rings (SSSR count). The molecular weight excluding hydrogens is 378 g/mol. The third kappa shape index (κ3) is 2.27. The first-order chi connectivity index (χ1) is 14.0. The Bertz CT molecular complexity index is 1080. The number of rotatable bonds is 3. The Labute approximate surface area is 165 Å². The number of nitrogens with zero attached hydrogens (tertiary/aromatic N) is 2. The fourth-order valence-electron chi connectivity index (χ4n) is 4.67. The molecule has 4 aliphatic rings. The Kier molecular flexibility index (Phi) is 3.21. The predicted octanol–water partition coefficient (Wildman–Crippen LogP) is 1.64. The molecule has 2 amide bonds. The van der Waals surface area contributed by atoms with Gasteiger partial charge in [0.25, 0.3) is 0 Å². The number of amides is 2. The van der Waals surface area contributed by atoms with Crippen molar-refractivity contribution in [1.29, 1.82) is 0 Å².